The fourth-order valence-corrected chi connectivity index (χ4v) is 6.74. The van der Waals surface area contributed by atoms with Gasteiger partial charge in [-0.15, -0.1) is 0 Å². The lowest BCUT2D eigenvalue weighted by atomic mass is 9.83. The van der Waals surface area contributed by atoms with Crippen molar-refractivity contribution in [2.75, 3.05) is 4.90 Å². The van der Waals surface area contributed by atoms with Crippen molar-refractivity contribution >= 4 is 38.1 Å². The van der Waals surface area contributed by atoms with E-state index in [-0.39, 0.29) is 22.8 Å². The highest BCUT2D eigenvalue weighted by Gasteiger charge is 2.72. The Labute approximate surface area is 213 Å². The molecule has 7 nitrogen and oxygen atoms in total. The minimum absolute atomic E-state index is 0.106. The molecule has 36 heavy (non-hydrogen) atoms. The van der Waals surface area contributed by atoms with Crippen LogP contribution in [0.3, 0.4) is 0 Å². The summed E-state index contributed by atoms with van der Waals surface area (Å²) in [6, 6.07) is 18.6. The molecule has 1 spiro atoms. The van der Waals surface area contributed by atoms with E-state index in [1.54, 1.807) is 35.5 Å². The highest BCUT2D eigenvalue weighted by Crippen LogP contribution is 2.54. The van der Waals surface area contributed by atoms with Gasteiger partial charge in [-0.1, -0.05) is 69.3 Å². The number of fused-ring (bicyclic) bond motifs is 2. The highest BCUT2D eigenvalue weighted by molar-refractivity contribution is 6.74. The first-order valence-corrected chi connectivity index (χ1v) is 15.4. The maximum absolute atomic E-state index is 14.2. The van der Waals surface area contributed by atoms with Crippen molar-refractivity contribution in [2.45, 2.75) is 63.5 Å². The van der Waals surface area contributed by atoms with Crippen LogP contribution in [0.4, 0.5) is 5.69 Å². The molecule has 1 saturated heterocycles. The molecule has 2 aromatic rings. The van der Waals surface area contributed by atoms with E-state index in [0.29, 0.717) is 18.7 Å². The zero-order chi connectivity index (χ0) is 25.9. The zero-order valence-corrected chi connectivity index (χ0v) is 22.5. The first-order chi connectivity index (χ1) is 17.0. The number of para-hydroxylation sites is 1. The molecular formula is C28H33N3O4Si. The second-order valence-electron chi connectivity index (χ2n) is 11.5. The molecule has 3 amide bonds. The molecule has 1 aliphatic carbocycles. The van der Waals surface area contributed by atoms with Crippen molar-refractivity contribution < 1.29 is 18.8 Å². The number of imide groups is 1. The summed E-state index contributed by atoms with van der Waals surface area (Å²) in [5.41, 5.74) is 0.0468. The second kappa shape index (κ2) is 8.49. The molecule has 2 aliphatic heterocycles. The van der Waals surface area contributed by atoms with Crippen LogP contribution < -0.4 is 4.90 Å². The summed E-state index contributed by atoms with van der Waals surface area (Å²) in [5, 5.41) is -0.106. The summed E-state index contributed by atoms with van der Waals surface area (Å²) in [6.45, 7) is 11.0. The number of anilines is 1. The van der Waals surface area contributed by atoms with E-state index in [2.05, 4.69) is 33.9 Å². The molecule has 2 fully saturated rings. The van der Waals surface area contributed by atoms with Gasteiger partial charge in [-0.05, 0) is 42.2 Å². The standard InChI is InChI=1S/C28H33N3O4Si/c1-27(2,3)36(4,5)35-22-16-21-23(25(33)31(24(21)32)20-14-10-7-11-15-20)28(22)26(34)30(18-29-28)17-19-12-8-6-9-13-19/h6-15,18,21-23H,16-17H2,1-5H3/t21-,22+,23+,28+/m0/s1. The average Bonchev–Trinajstić information content (AvgIpc) is 3.41. The molecule has 0 radical (unpaired) electrons. The maximum Gasteiger partial charge on any atom is 0.259 e. The normalized spacial score (nSPS) is 28.0. The van der Waals surface area contributed by atoms with Crippen LogP contribution >= 0.6 is 0 Å². The van der Waals surface area contributed by atoms with E-state index in [1.165, 1.54) is 4.90 Å². The Morgan fingerprint density at radius 1 is 0.972 bits per heavy atom. The molecule has 4 atom stereocenters. The first-order valence-electron chi connectivity index (χ1n) is 12.5. The number of rotatable bonds is 5. The van der Waals surface area contributed by atoms with Crippen molar-refractivity contribution in [3.63, 3.8) is 0 Å². The predicted molar refractivity (Wildman–Crippen MR) is 141 cm³/mol. The van der Waals surface area contributed by atoms with Crippen LogP contribution in [-0.2, 0) is 25.4 Å². The molecule has 188 valence electrons. The van der Waals surface area contributed by atoms with E-state index in [0.717, 1.165) is 5.56 Å². The Bertz CT molecular complexity index is 1220. The monoisotopic (exact) mass is 503 g/mol. The molecule has 2 heterocycles. The van der Waals surface area contributed by atoms with Gasteiger partial charge < -0.3 is 4.43 Å². The summed E-state index contributed by atoms with van der Waals surface area (Å²) in [7, 11) is -2.34. The quantitative estimate of drug-likeness (QED) is 0.448. The molecule has 0 unspecified atom stereocenters. The number of aliphatic imine (C=N–C) groups is 1. The second-order valence-corrected chi connectivity index (χ2v) is 16.3. The largest absolute Gasteiger partial charge is 0.411 e. The third-order valence-corrected chi connectivity index (χ3v) is 12.8. The summed E-state index contributed by atoms with van der Waals surface area (Å²) in [4.78, 5) is 49.3. The predicted octanol–water partition coefficient (Wildman–Crippen LogP) is 4.40. The lowest BCUT2D eigenvalue weighted by Crippen LogP contribution is -2.58. The zero-order valence-electron chi connectivity index (χ0n) is 21.5. The van der Waals surface area contributed by atoms with Gasteiger partial charge in [0.1, 0.15) is 0 Å². The van der Waals surface area contributed by atoms with Gasteiger partial charge in [0.2, 0.25) is 11.8 Å². The van der Waals surface area contributed by atoms with Crippen LogP contribution in [-0.4, -0.2) is 48.9 Å². The van der Waals surface area contributed by atoms with E-state index in [9.17, 15) is 14.4 Å². The third-order valence-electron chi connectivity index (χ3n) is 8.33. The fourth-order valence-electron chi connectivity index (χ4n) is 5.40. The highest BCUT2D eigenvalue weighted by atomic mass is 28.4. The lowest BCUT2D eigenvalue weighted by molar-refractivity contribution is -0.139. The lowest BCUT2D eigenvalue weighted by Gasteiger charge is -2.42. The third kappa shape index (κ3) is 3.66. The van der Waals surface area contributed by atoms with Gasteiger partial charge in [-0.2, -0.15) is 0 Å². The van der Waals surface area contributed by atoms with E-state index >= 15 is 0 Å². The minimum Gasteiger partial charge on any atom is -0.411 e. The molecule has 8 heteroatoms. The number of nitrogens with zero attached hydrogens (tertiary/aromatic N) is 3. The topological polar surface area (TPSA) is 79.3 Å². The van der Waals surface area contributed by atoms with Crippen molar-refractivity contribution in [1.29, 1.82) is 0 Å². The van der Waals surface area contributed by atoms with Crippen LogP contribution in [0.15, 0.2) is 65.7 Å². The minimum atomic E-state index is -2.34. The number of hydrogen-bond donors (Lipinski definition) is 0. The molecule has 3 aliphatic rings. The van der Waals surface area contributed by atoms with Crippen molar-refractivity contribution in [3.05, 3.63) is 66.2 Å². The number of carbonyl (C=O) groups is 3. The van der Waals surface area contributed by atoms with E-state index in [1.807, 2.05) is 36.4 Å². The summed E-state index contributed by atoms with van der Waals surface area (Å²) < 4.78 is 6.80. The van der Waals surface area contributed by atoms with Gasteiger partial charge in [-0.3, -0.25) is 24.3 Å². The van der Waals surface area contributed by atoms with Gasteiger partial charge in [0.15, 0.2) is 13.9 Å². The van der Waals surface area contributed by atoms with Gasteiger partial charge in [0, 0.05) is 0 Å². The van der Waals surface area contributed by atoms with Gasteiger partial charge in [0.25, 0.3) is 5.91 Å². The maximum atomic E-state index is 14.2. The molecule has 1 saturated carbocycles. The smallest absolute Gasteiger partial charge is 0.259 e. The Morgan fingerprint density at radius 2 is 1.58 bits per heavy atom. The van der Waals surface area contributed by atoms with Crippen molar-refractivity contribution in [3.8, 4) is 0 Å². The van der Waals surface area contributed by atoms with E-state index in [4.69, 9.17) is 9.42 Å². The average molecular weight is 504 g/mol. The summed E-state index contributed by atoms with van der Waals surface area (Å²) in [6.07, 6.45) is 1.21. The molecule has 0 N–H and O–H groups in total. The van der Waals surface area contributed by atoms with E-state index < -0.39 is 31.8 Å². The van der Waals surface area contributed by atoms with Crippen molar-refractivity contribution in [2.24, 2.45) is 16.8 Å². The molecule has 0 aromatic heterocycles. The molecular weight excluding hydrogens is 470 g/mol. The summed E-state index contributed by atoms with van der Waals surface area (Å²) >= 11 is 0. The van der Waals surface area contributed by atoms with Gasteiger partial charge >= 0.3 is 0 Å². The Balaban J connectivity index is 1.55. The fraction of sp³-hybridized carbons (Fsp3) is 0.429. The van der Waals surface area contributed by atoms with Crippen LogP contribution in [0.1, 0.15) is 32.8 Å². The van der Waals surface area contributed by atoms with Crippen molar-refractivity contribution in [1.82, 2.24) is 4.90 Å². The molecule has 2 aromatic carbocycles. The number of benzene rings is 2. The number of hydrogen-bond acceptors (Lipinski definition) is 5. The SMILES string of the molecule is CC(C)(C)[Si](C)(C)O[C@@H]1C[C@@H]2C(=O)N(c3ccccc3)C(=O)[C@@H]2[C@]12N=CN(Cc1ccccc1)C2=O. The van der Waals surface area contributed by atoms with Gasteiger partial charge in [0.05, 0.1) is 36.5 Å². The Morgan fingerprint density at radius 3 is 2.19 bits per heavy atom. The summed E-state index contributed by atoms with van der Waals surface area (Å²) in [5.74, 6) is -2.45. The van der Waals surface area contributed by atoms with Crippen LogP contribution in [0.2, 0.25) is 18.1 Å². The first kappa shape index (κ1) is 24.6. The van der Waals surface area contributed by atoms with Crippen LogP contribution in [0.25, 0.3) is 0 Å². The molecule has 0 bridgehead atoms. The van der Waals surface area contributed by atoms with Crippen LogP contribution in [0.5, 0.6) is 0 Å². The Kier molecular flexibility index (Phi) is 5.80. The molecule has 5 rings (SSSR count). The Hall–Kier alpha value is -3.10. The van der Waals surface area contributed by atoms with Gasteiger partial charge in [-0.25, -0.2) is 4.90 Å². The number of amides is 3. The van der Waals surface area contributed by atoms with Crippen LogP contribution in [0, 0.1) is 11.8 Å². The number of carbonyl (C=O) groups excluding carboxylic acids is 3.